The Hall–Kier alpha value is -2.40. The number of aliphatic hydroxyl groups excluding tert-OH is 1. The highest BCUT2D eigenvalue weighted by Gasteiger charge is 2.32. The Bertz CT molecular complexity index is 1040. The molecular weight excluding hydrogens is 469 g/mol. The van der Waals surface area contributed by atoms with Gasteiger partial charge in [-0.25, -0.2) is 13.8 Å². The third-order valence-corrected chi connectivity index (χ3v) is 5.85. The van der Waals surface area contributed by atoms with Crippen molar-refractivity contribution in [1.29, 1.82) is 0 Å². The normalized spacial score (nSPS) is 15.8. The number of carbonyl (C=O) groups is 1. The molecule has 0 bridgehead atoms. The van der Waals surface area contributed by atoms with E-state index in [1.807, 2.05) is 24.3 Å². The van der Waals surface area contributed by atoms with Gasteiger partial charge in [0.2, 0.25) is 0 Å². The zero-order valence-electron chi connectivity index (χ0n) is 13.5. The van der Waals surface area contributed by atoms with E-state index in [-0.39, 0.29) is 10.5 Å². The van der Waals surface area contributed by atoms with Crippen LogP contribution in [-0.4, -0.2) is 25.1 Å². The van der Waals surface area contributed by atoms with Crippen molar-refractivity contribution in [2.45, 2.75) is 11.8 Å². The number of hydrogen-bond acceptors (Lipinski definition) is 5. The first kappa shape index (κ1) is 18.4. The fraction of sp³-hybridized carbons (Fsp3) is 0.0588. The summed E-state index contributed by atoms with van der Waals surface area (Å²) >= 11 is 2.18. The Morgan fingerprint density at radius 1 is 1.15 bits per heavy atom. The summed E-state index contributed by atoms with van der Waals surface area (Å²) in [4.78, 5) is 12.2. The molecule has 0 fully saturated rings. The summed E-state index contributed by atoms with van der Waals surface area (Å²) in [5.74, 6) is -1.31. The van der Waals surface area contributed by atoms with Crippen LogP contribution in [0.3, 0.4) is 0 Å². The number of nitrogens with one attached hydrogen (secondary N) is 2. The van der Waals surface area contributed by atoms with Crippen LogP contribution in [0.25, 0.3) is 5.76 Å². The average Bonchev–Trinajstić information content (AvgIpc) is 2.63. The van der Waals surface area contributed by atoms with Crippen molar-refractivity contribution in [2.75, 3.05) is 0 Å². The number of halogens is 1. The van der Waals surface area contributed by atoms with Gasteiger partial charge in [-0.2, -0.15) is 5.10 Å². The molecule has 0 spiro atoms. The van der Waals surface area contributed by atoms with Gasteiger partial charge in [0.05, 0.1) is 10.6 Å². The van der Waals surface area contributed by atoms with Crippen molar-refractivity contribution >= 4 is 50.0 Å². The molecule has 26 heavy (non-hydrogen) atoms. The maximum atomic E-state index is 12.3. The highest BCUT2D eigenvalue weighted by Crippen LogP contribution is 2.28. The second-order valence-electron chi connectivity index (χ2n) is 5.47. The minimum atomic E-state index is -3.94. The summed E-state index contributed by atoms with van der Waals surface area (Å²) < 4.78 is 27.7. The zero-order chi connectivity index (χ0) is 18.9. The molecule has 1 aliphatic heterocycles. The number of fused-ring (bicyclic) bond motifs is 1. The molecule has 1 aliphatic rings. The molecule has 2 aromatic carbocycles. The molecule has 7 nitrogen and oxygen atoms in total. The molecule has 0 radical (unpaired) electrons. The van der Waals surface area contributed by atoms with Crippen molar-refractivity contribution in [2.24, 2.45) is 5.10 Å². The smallest absolute Gasteiger partial charge is 0.292 e. The Morgan fingerprint density at radius 2 is 1.81 bits per heavy atom. The average molecular weight is 483 g/mol. The molecule has 0 aliphatic carbocycles. The van der Waals surface area contributed by atoms with Crippen LogP contribution in [0.1, 0.15) is 18.1 Å². The van der Waals surface area contributed by atoms with Gasteiger partial charge in [-0.1, -0.05) is 24.3 Å². The molecule has 0 atom stereocenters. The summed E-state index contributed by atoms with van der Waals surface area (Å²) in [6.45, 7) is 1.71. The van der Waals surface area contributed by atoms with E-state index in [2.05, 4.69) is 37.8 Å². The third kappa shape index (κ3) is 3.58. The Balaban J connectivity index is 1.88. The van der Waals surface area contributed by atoms with E-state index in [1.54, 1.807) is 13.0 Å². The van der Waals surface area contributed by atoms with Gasteiger partial charge < -0.3 is 5.11 Å². The van der Waals surface area contributed by atoms with Gasteiger partial charge in [-0.05, 0) is 59.3 Å². The van der Waals surface area contributed by atoms with Crippen LogP contribution in [0.5, 0.6) is 0 Å². The number of sulfonamides is 1. The number of hydrogen-bond donors (Lipinski definition) is 3. The lowest BCUT2D eigenvalue weighted by atomic mass is 10.1. The minimum absolute atomic E-state index is 0.0646. The highest BCUT2D eigenvalue weighted by molar-refractivity contribution is 14.1. The molecule has 0 aromatic heterocycles. The summed E-state index contributed by atoms with van der Waals surface area (Å²) in [6.07, 6.45) is 0. The molecule has 0 saturated carbocycles. The van der Waals surface area contributed by atoms with Crippen molar-refractivity contribution in [3.63, 3.8) is 0 Å². The Kier molecular flexibility index (Phi) is 5.01. The zero-order valence-corrected chi connectivity index (χ0v) is 16.5. The van der Waals surface area contributed by atoms with Crippen LogP contribution >= 0.6 is 22.6 Å². The standard InChI is InChI=1S/C17H14IN3O4S/c1-10(11-6-8-12(18)9-7-11)19-20-17(23)15-16(22)13-4-2-3-5-14(13)26(24,25)21-15/h2-9,21-22H,1H3,(H,20,23)/b19-10+. The molecule has 0 unspecified atom stereocenters. The van der Waals surface area contributed by atoms with Gasteiger partial charge in [0, 0.05) is 9.13 Å². The van der Waals surface area contributed by atoms with Crippen LogP contribution in [0.4, 0.5) is 0 Å². The molecule has 1 amide bonds. The van der Waals surface area contributed by atoms with E-state index < -0.39 is 27.4 Å². The number of aliphatic hydroxyl groups is 1. The fourth-order valence-electron chi connectivity index (χ4n) is 2.37. The maximum absolute atomic E-state index is 12.3. The van der Waals surface area contributed by atoms with Gasteiger partial charge >= 0.3 is 0 Å². The molecule has 9 heteroatoms. The summed E-state index contributed by atoms with van der Waals surface area (Å²) in [6, 6.07) is 13.4. The largest absolute Gasteiger partial charge is 0.505 e. The Morgan fingerprint density at radius 3 is 2.50 bits per heavy atom. The van der Waals surface area contributed by atoms with Crippen molar-refractivity contribution in [3.8, 4) is 0 Å². The molecule has 1 heterocycles. The van der Waals surface area contributed by atoms with E-state index >= 15 is 0 Å². The van der Waals surface area contributed by atoms with E-state index in [0.717, 1.165) is 9.13 Å². The molecule has 0 saturated heterocycles. The van der Waals surface area contributed by atoms with E-state index in [9.17, 15) is 18.3 Å². The predicted octanol–water partition coefficient (Wildman–Crippen LogP) is 2.35. The predicted molar refractivity (Wildman–Crippen MR) is 106 cm³/mol. The molecule has 134 valence electrons. The van der Waals surface area contributed by atoms with Gasteiger partial charge in [0.25, 0.3) is 15.9 Å². The first-order chi connectivity index (χ1) is 12.3. The molecule has 3 rings (SSSR count). The van der Waals surface area contributed by atoms with Crippen LogP contribution in [0.2, 0.25) is 0 Å². The van der Waals surface area contributed by atoms with E-state index in [1.165, 1.54) is 18.2 Å². The molecule has 3 N–H and O–H groups in total. The van der Waals surface area contributed by atoms with Crippen LogP contribution < -0.4 is 10.1 Å². The number of carbonyl (C=O) groups excluding carboxylic acids is 1. The lowest BCUT2D eigenvalue weighted by molar-refractivity contribution is -0.117. The quantitative estimate of drug-likeness (QED) is 0.354. The van der Waals surface area contributed by atoms with Crippen molar-refractivity contribution in [3.05, 3.63) is 68.9 Å². The lowest BCUT2D eigenvalue weighted by Crippen LogP contribution is -2.37. The van der Waals surface area contributed by atoms with Crippen LogP contribution in [0, 0.1) is 3.57 Å². The Labute approximate surface area is 164 Å². The summed E-state index contributed by atoms with van der Waals surface area (Å²) in [5.41, 5.74) is 3.20. The topological polar surface area (TPSA) is 108 Å². The minimum Gasteiger partial charge on any atom is -0.505 e. The first-order valence-electron chi connectivity index (χ1n) is 7.45. The second-order valence-corrected chi connectivity index (χ2v) is 8.37. The molecule has 2 aromatic rings. The number of nitrogens with zero attached hydrogens (tertiary/aromatic N) is 1. The van der Waals surface area contributed by atoms with E-state index in [4.69, 9.17) is 0 Å². The maximum Gasteiger partial charge on any atom is 0.292 e. The number of hydrazone groups is 1. The number of rotatable bonds is 3. The molecular formula is C17H14IN3O4S. The fourth-order valence-corrected chi connectivity index (χ4v) is 4.01. The summed E-state index contributed by atoms with van der Waals surface area (Å²) in [7, 11) is -3.94. The van der Waals surface area contributed by atoms with Crippen molar-refractivity contribution < 1.29 is 18.3 Å². The lowest BCUT2D eigenvalue weighted by Gasteiger charge is -2.20. The van der Waals surface area contributed by atoms with Gasteiger partial charge in [-0.3, -0.25) is 9.52 Å². The van der Waals surface area contributed by atoms with Gasteiger partial charge in [-0.15, -0.1) is 0 Å². The number of amides is 1. The van der Waals surface area contributed by atoms with Gasteiger partial charge in [0.1, 0.15) is 0 Å². The number of benzene rings is 2. The summed E-state index contributed by atoms with van der Waals surface area (Å²) in [5, 5.41) is 14.3. The van der Waals surface area contributed by atoms with Crippen LogP contribution in [-0.2, 0) is 14.8 Å². The van der Waals surface area contributed by atoms with Crippen molar-refractivity contribution in [1.82, 2.24) is 10.1 Å². The van der Waals surface area contributed by atoms with Crippen LogP contribution in [0.15, 0.2) is 64.2 Å². The first-order valence-corrected chi connectivity index (χ1v) is 10.0. The monoisotopic (exact) mass is 483 g/mol. The third-order valence-electron chi connectivity index (χ3n) is 3.72. The SMILES string of the molecule is C/C(=N\NC(=O)C1=C(O)c2ccccc2S(=O)(=O)N1)c1ccc(I)cc1. The second kappa shape index (κ2) is 7.08. The van der Waals surface area contributed by atoms with E-state index in [0.29, 0.717) is 5.71 Å². The highest BCUT2D eigenvalue weighted by atomic mass is 127. The van der Waals surface area contributed by atoms with Gasteiger partial charge in [0.15, 0.2) is 11.5 Å².